The van der Waals surface area contributed by atoms with Crippen LogP contribution in [0.3, 0.4) is 0 Å². The van der Waals surface area contributed by atoms with E-state index in [9.17, 15) is 4.79 Å². The highest BCUT2D eigenvalue weighted by molar-refractivity contribution is 5.94. The van der Waals surface area contributed by atoms with Crippen LogP contribution in [-0.4, -0.2) is 29.8 Å². The van der Waals surface area contributed by atoms with E-state index < -0.39 is 0 Å². The molecule has 3 rings (SSSR count). The molecule has 3 aromatic rings. The number of nitrogens with zero attached hydrogens (tertiary/aromatic N) is 2. The lowest BCUT2D eigenvalue weighted by Crippen LogP contribution is -2.22. The Labute approximate surface area is 150 Å². The number of rotatable bonds is 7. The molecule has 1 heterocycles. The van der Waals surface area contributed by atoms with Gasteiger partial charge in [-0.15, -0.1) is 0 Å². The number of hydrogen-bond acceptors (Lipinski definition) is 6. The molecular weight excluding hydrogens is 334 g/mol. The first kappa shape index (κ1) is 17.5. The van der Waals surface area contributed by atoms with Crippen LogP contribution in [0, 0.1) is 0 Å². The molecule has 0 spiro atoms. The Kier molecular flexibility index (Phi) is 5.48. The molecule has 0 aliphatic rings. The minimum absolute atomic E-state index is 0.148. The lowest BCUT2D eigenvalue weighted by molar-refractivity contribution is 0.0946. The second-order valence-electron chi connectivity index (χ2n) is 5.38. The molecule has 2 aromatic carbocycles. The second-order valence-corrected chi connectivity index (χ2v) is 5.38. The van der Waals surface area contributed by atoms with Gasteiger partial charge in [0.1, 0.15) is 11.5 Å². The molecular formula is C19H19N3O4. The molecule has 0 aliphatic heterocycles. The highest BCUT2D eigenvalue weighted by atomic mass is 16.5. The first-order chi connectivity index (χ1) is 12.7. The van der Waals surface area contributed by atoms with Crippen molar-refractivity contribution >= 4 is 5.91 Å². The van der Waals surface area contributed by atoms with Gasteiger partial charge in [0.25, 0.3) is 5.91 Å². The Balaban J connectivity index is 1.59. The zero-order valence-electron chi connectivity index (χ0n) is 14.6. The second kappa shape index (κ2) is 8.15. The zero-order valence-corrected chi connectivity index (χ0v) is 14.6. The predicted octanol–water partition coefficient (Wildman–Crippen LogP) is 3.07. The summed E-state index contributed by atoms with van der Waals surface area (Å²) in [6.45, 7) is 2.64. The quantitative estimate of drug-likeness (QED) is 0.702. The highest BCUT2D eigenvalue weighted by Crippen LogP contribution is 2.19. The van der Waals surface area contributed by atoms with Gasteiger partial charge in [0.15, 0.2) is 0 Å². The van der Waals surface area contributed by atoms with Crippen molar-refractivity contribution in [2.24, 2.45) is 0 Å². The van der Waals surface area contributed by atoms with Gasteiger partial charge in [0, 0.05) is 11.1 Å². The molecule has 1 aromatic heterocycles. The Hall–Kier alpha value is -3.35. The molecule has 1 N–H and O–H groups in total. The van der Waals surface area contributed by atoms with Crippen molar-refractivity contribution in [3.63, 3.8) is 0 Å². The Morgan fingerprint density at radius 1 is 1.08 bits per heavy atom. The van der Waals surface area contributed by atoms with E-state index in [-0.39, 0.29) is 12.5 Å². The fourth-order valence-electron chi connectivity index (χ4n) is 2.31. The van der Waals surface area contributed by atoms with Gasteiger partial charge < -0.3 is 19.3 Å². The summed E-state index contributed by atoms with van der Waals surface area (Å²) in [5.74, 6) is 2.04. The maximum Gasteiger partial charge on any atom is 0.251 e. The smallest absolute Gasteiger partial charge is 0.251 e. The fraction of sp³-hybridized carbons (Fsp3) is 0.211. The number of benzene rings is 2. The third-order valence-electron chi connectivity index (χ3n) is 3.64. The number of methoxy groups -OCH3 is 1. The molecule has 0 aliphatic carbocycles. The van der Waals surface area contributed by atoms with Crippen molar-refractivity contribution in [2.45, 2.75) is 13.5 Å². The van der Waals surface area contributed by atoms with Crippen LogP contribution >= 0.6 is 0 Å². The van der Waals surface area contributed by atoms with Crippen LogP contribution in [0.15, 0.2) is 53.1 Å². The van der Waals surface area contributed by atoms with Crippen LogP contribution in [0.25, 0.3) is 11.4 Å². The summed E-state index contributed by atoms with van der Waals surface area (Å²) in [6, 6.07) is 14.2. The maximum absolute atomic E-state index is 12.2. The monoisotopic (exact) mass is 353 g/mol. The molecule has 0 bridgehead atoms. The van der Waals surface area contributed by atoms with Crippen LogP contribution in [0.1, 0.15) is 23.2 Å². The average Bonchev–Trinajstić information content (AvgIpc) is 3.16. The molecule has 134 valence electrons. The molecule has 7 nitrogen and oxygen atoms in total. The third kappa shape index (κ3) is 4.18. The lowest BCUT2D eigenvalue weighted by Gasteiger charge is -2.05. The van der Waals surface area contributed by atoms with Crippen molar-refractivity contribution in [3.8, 4) is 22.9 Å². The van der Waals surface area contributed by atoms with Gasteiger partial charge >= 0.3 is 0 Å². The number of nitrogens with one attached hydrogen (secondary N) is 1. The molecule has 1 amide bonds. The molecule has 26 heavy (non-hydrogen) atoms. The summed E-state index contributed by atoms with van der Waals surface area (Å²) < 4.78 is 15.7. The Morgan fingerprint density at radius 3 is 2.42 bits per heavy atom. The van der Waals surface area contributed by atoms with Crippen LogP contribution < -0.4 is 14.8 Å². The standard InChI is InChI=1S/C19H19N3O4/c1-3-25-16-10-6-14(7-11-16)19(23)20-12-17-21-18(22-26-17)13-4-8-15(24-2)9-5-13/h4-11H,3,12H2,1-2H3,(H,20,23). The average molecular weight is 353 g/mol. The number of carbonyl (C=O) groups is 1. The summed E-state index contributed by atoms with van der Waals surface area (Å²) in [5, 5.41) is 6.68. The van der Waals surface area contributed by atoms with E-state index in [0.29, 0.717) is 23.9 Å². The van der Waals surface area contributed by atoms with Gasteiger partial charge in [-0.2, -0.15) is 4.98 Å². The number of amides is 1. The van der Waals surface area contributed by atoms with Crippen molar-refractivity contribution in [1.82, 2.24) is 15.5 Å². The van der Waals surface area contributed by atoms with E-state index in [1.54, 1.807) is 31.4 Å². The van der Waals surface area contributed by atoms with Crippen LogP contribution in [0.5, 0.6) is 11.5 Å². The molecule has 0 radical (unpaired) electrons. The first-order valence-electron chi connectivity index (χ1n) is 8.17. The van der Waals surface area contributed by atoms with Gasteiger partial charge in [-0.3, -0.25) is 4.79 Å². The van der Waals surface area contributed by atoms with Gasteiger partial charge in [-0.1, -0.05) is 5.16 Å². The normalized spacial score (nSPS) is 10.4. The van der Waals surface area contributed by atoms with E-state index >= 15 is 0 Å². The van der Waals surface area contributed by atoms with Crippen molar-refractivity contribution in [3.05, 3.63) is 60.0 Å². The Morgan fingerprint density at radius 2 is 1.77 bits per heavy atom. The minimum Gasteiger partial charge on any atom is -0.497 e. The summed E-state index contributed by atoms with van der Waals surface area (Å²) in [6.07, 6.45) is 0. The predicted molar refractivity (Wildman–Crippen MR) is 95.1 cm³/mol. The molecule has 0 atom stereocenters. The summed E-state index contributed by atoms with van der Waals surface area (Å²) in [4.78, 5) is 16.5. The van der Waals surface area contributed by atoms with Gasteiger partial charge in [-0.05, 0) is 55.5 Å². The summed E-state index contributed by atoms with van der Waals surface area (Å²) >= 11 is 0. The molecule has 0 saturated carbocycles. The van der Waals surface area contributed by atoms with Gasteiger partial charge in [0.2, 0.25) is 11.7 Å². The number of carbonyl (C=O) groups excluding carboxylic acids is 1. The molecule has 0 saturated heterocycles. The van der Waals surface area contributed by atoms with Crippen molar-refractivity contribution in [1.29, 1.82) is 0 Å². The van der Waals surface area contributed by atoms with Crippen molar-refractivity contribution in [2.75, 3.05) is 13.7 Å². The molecule has 7 heteroatoms. The van der Waals surface area contributed by atoms with Crippen LogP contribution in [-0.2, 0) is 6.54 Å². The summed E-state index contributed by atoms with van der Waals surface area (Å²) in [5.41, 5.74) is 1.34. The van der Waals surface area contributed by atoms with Gasteiger partial charge in [0.05, 0.1) is 20.3 Å². The van der Waals surface area contributed by atoms with E-state index in [4.69, 9.17) is 14.0 Å². The zero-order chi connectivity index (χ0) is 18.4. The number of hydrogen-bond donors (Lipinski definition) is 1. The van der Waals surface area contributed by atoms with Gasteiger partial charge in [-0.25, -0.2) is 0 Å². The van der Waals surface area contributed by atoms with Crippen LogP contribution in [0.4, 0.5) is 0 Å². The Bertz CT molecular complexity index is 857. The van der Waals surface area contributed by atoms with E-state index in [1.165, 1.54) is 0 Å². The summed E-state index contributed by atoms with van der Waals surface area (Å²) in [7, 11) is 1.61. The van der Waals surface area contributed by atoms with E-state index in [1.807, 2.05) is 31.2 Å². The topological polar surface area (TPSA) is 86.5 Å². The van der Waals surface area contributed by atoms with E-state index in [2.05, 4.69) is 15.5 Å². The largest absolute Gasteiger partial charge is 0.497 e. The van der Waals surface area contributed by atoms with Crippen LogP contribution in [0.2, 0.25) is 0 Å². The van der Waals surface area contributed by atoms with Crippen molar-refractivity contribution < 1.29 is 18.8 Å². The third-order valence-corrected chi connectivity index (χ3v) is 3.64. The number of aromatic nitrogens is 2. The SMILES string of the molecule is CCOc1ccc(C(=O)NCc2nc(-c3ccc(OC)cc3)no2)cc1. The number of ether oxygens (including phenoxy) is 2. The first-order valence-corrected chi connectivity index (χ1v) is 8.17. The maximum atomic E-state index is 12.2. The molecule has 0 fully saturated rings. The highest BCUT2D eigenvalue weighted by Gasteiger charge is 2.11. The fourth-order valence-corrected chi connectivity index (χ4v) is 2.31. The lowest BCUT2D eigenvalue weighted by atomic mass is 10.2. The molecule has 0 unspecified atom stereocenters. The minimum atomic E-state index is -0.225. The van der Waals surface area contributed by atoms with E-state index in [0.717, 1.165) is 17.1 Å².